The number of carbonyl (C=O) groups excluding carboxylic acids is 2. The van der Waals surface area contributed by atoms with Crippen LogP contribution in [0.4, 0.5) is 10.5 Å². The standard InChI is InChI=1S/C18H27N3O2/c1-13(2)17(22)19-11-15-5-4-10-21(12-15)18(23)20-16-8-6-14(3)7-9-16/h6-9,13,15H,4-5,10-12H2,1-3H3,(H,19,22)(H,20,23). The molecule has 2 rings (SSSR count). The molecule has 23 heavy (non-hydrogen) atoms. The van der Waals surface area contributed by atoms with Gasteiger partial charge < -0.3 is 15.5 Å². The van der Waals surface area contributed by atoms with Gasteiger partial charge in [0.25, 0.3) is 0 Å². The maximum Gasteiger partial charge on any atom is 0.321 e. The molecule has 0 saturated carbocycles. The molecule has 1 aliphatic heterocycles. The SMILES string of the molecule is Cc1ccc(NC(=O)N2CCCC(CNC(=O)C(C)C)C2)cc1. The minimum Gasteiger partial charge on any atom is -0.356 e. The summed E-state index contributed by atoms with van der Waals surface area (Å²) in [5.74, 6) is 0.404. The number of carbonyl (C=O) groups is 2. The van der Waals surface area contributed by atoms with Gasteiger partial charge in [-0.2, -0.15) is 0 Å². The van der Waals surface area contributed by atoms with Crippen molar-refractivity contribution in [1.29, 1.82) is 0 Å². The lowest BCUT2D eigenvalue weighted by Gasteiger charge is -2.33. The van der Waals surface area contributed by atoms with Gasteiger partial charge in [0.2, 0.25) is 5.91 Å². The maximum absolute atomic E-state index is 12.4. The topological polar surface area (TPSA) is 61.4 Å². The van der Waals surface area contributed by atoms with Crippen molar-refractivity contribution < 1.29 is 9.59 Å². The number of amides is 3. The van der Waals surface area contributed by atoms with E-state index >= 15 is 0 Å². The zero-order valence-electron chi connectivity index (χ0n) is 14.3. The molecule has 2 N–H and O–H groups in total. The molecule has 1 heterocycles. The van der Waals surface area contributed by atoms with Gasteiger partial charge in [-0.3, -0.25) is 4.79 Å². The number of benzene rings is 1. The summed E-state index contributed by atoms with van der Waals surface area (Å²) in [7, 11) is 0. The quantitative estimate of drug-likeness (QED) is 0.897. The molecular weight excluding hydrogens is 290 g/mol. The number of rotatable bonds is 4. The van der Waals surface area contributed by atoms with Crippen LogP contribution in [0.25, 0.3) is 0 Å². The largest absolute Gasteiger partial charge is 0.356 e. The molecule has 1 saturated heterocycles. The molecule has 0 bridgehead atoms. The van der Waals surface area contributed by atoms with Crippen molar-refractivity contribution in [3.63, 3.8) is 0 Å². The van der Waals surface area contributed by atoms with Crippen LogP contribution in [0.2, 0.25) is 0 Å². The molecule has 5 nitrogen and oxygen atoms in total. The van der Waals surface area contributed by atoms with Gasteiger partial charge in [-0.1, -0.05) is 31.5 Å². The zero-order chi connectivity index (χ0) is 16.8. The zero-order valence-corrected chi connectivity index (χ0v) is 14.3. The summed E-state index contributed by atoms with van der Waals surface area (Å²) in [5, 5.41) is 5.91. The minimum absolute atomic E-state index is 0.000436. The number of nitrogens with zero attached hydrogens (tertiary/aromatic N) is 1. The first-order valence-corrected chi connectivity index (χ1v) is 8.36. The lowest BCUT2D eigenvalue weighted by atomic mass is 9.98. The van der Waals surface area contributed by atoms with Crippen molar-refractivity contribution in [3.8, 4) is 0 Å². The van der Waals surface area contributed by atoms with Gasteiger partial charge in [0.15, 0.2) is 0 Å². The van der Waals surface area contributed by atoms with Crippen LogP contribution in [0.1, 0.15) is 32.3 Å². The molecule has 1 aromatic rings. The summed E-state index contributed by atoms with van der Waals surface area (Å²) in [6, 6.07) is 7.73. The number of piperidine rings is 1. The van der Waals surface area contributed by atoms with E-state index < -0.39 is 0 Å². The van der Waals surface area contributed by atoms with Crippen molar-refractivity contribution in [2.24, 2.45) is 11.8 Å². The lowest BCUT2D eigenvalue weighted by Crippen LogP contribution is -2.45. The van der Waals surface area contributed by atoms with Crippen LogP contribution in [0.5, 0.6) is 0 Å². The van der Waals surface area contributed by atoms with Crippen molar-refractivity contribution in [1.82, 2.24) is 10.2 Å². The van der Waals surface area contributed by atoms with Crippen LogP contribution in [0, 0.1) is 18.8 Å². The second-order valence-corrected chi connectivity index (χ2v) is 6.65. The van der Waals surface area contributed by atoms with E-state index in [0.29, 0.717) is 19.0 Å². The van der Waals surface area contributed by atoms with E-state index in [4.69, 9.17) is 0 Å². The monoisotopic (exact) mass is 317 g/mol. The Hall–Kier alpha value is -2.04. The predicted octanol–water partition coefficient (Wildman–Crippen LogP) is 3.01. The van der Waals surface area contributed by atoms with Crippen molar-refractivity contribution >= 4 is 17.6 Å². The highest BCUT2D eigenvalue weighted by atomic mass is 16.2. The Morgan fingerprint density at radius 3 is 2.61 bits per heavy atom. The van der Waals surface area contributed by atoms with E-state index in [-0.39, 0.29) is 17.9 Å². The third-order valence-corrected chi connectivity index (χ3v) is 4.20. The van der Waals surface area contributed by atoms with Crippen LogP contribution in [0.15, 0.2) is 24.3 Å². The third kappa shape index (κ3) is 5.27. The molecular formula is C18H27N3O2. The number of hydrogen-bond acceptors (Lipinski definition) is 2. The summed E-state index contributed by atoms with van der Waals surface area (Å²) < 4.78 is 0. The normalized spacial score (nSPS) is 17.9. The number of likely N-dealkylation sites (tertiary alicyclic amines) is 1. The van der Waals surface area contributed by atoms with Crippen LogP contribution >= 0.6 is 0 Å². The van der Waals surface area contributed by atoms with E-state index in [0.717, 1.165) is 25.1 Å². The van der Waals surface area contributed by atoms with Gasteiger partial charge in [-0.15, -0.1) is 0 Å². The van der Waals surface area contributed by atoms with Crippen LogP contribution < -0.4 is 10.6 Å². The summed E-state index contributed by atoms with van der Waals surface area (Å²) in [4.78, 5) is 25.9. The third-order valence-electron chi connectivity index (χ3n) is 4.20. The Kier molecular flexibility index (Phi) is 6.02. The van der Waals surface area contributed by atoms with E-state index in [2.05, 4.69) is 10.6 Å². The first-order valence-electron chi connectivity index (χ1n) is 8.36. The Morgan fingerprint density at radius 2 is 1.96 bits per heavy atom. The van der Waals surface area contributed by atoms with Crippen LogP contribution in [-0.2, 0) is 4.79 Å². The number of hydrogen-bond donors (Lipinski definition) is 2. The van der Waals surface area contributed by atoms with Crippen molar-refractivity contribution in [3.05, 3.63) is 29.8 Å². The Bertz CT molecular complexity index is 540. The predicted molar refractivity (Wildman–Crippen MR) is 92.3 cm³/mol. The van der Waals surface area contributed by atoms with Crippen molar-refractivity contribution in [2.45, 2.75) is 33.6 Å². The molecule has 1 aromatic carbocycles. The highest BCUT2D eigenvalue weighted by Crippen LogP contribution is 2.17. The molecule has 0 radical (unpaired) electrons. The molecule has 0 aliphatic carbocycles. The molecule has 5 heteroatoms. The summed E-state index contributed by atoms with van der Waals surface area (Å²) >= 11 is 0. The molecule has 126 valence electrons. The Balaban J connectivity index is 1.83. The number of nitrogens with one attached hydrogen (secondary N) is 2. The average molecular weight is 317 g/mol. The van der Waals surface area contributed by atoms with Gasteiger partial charge >= 0.3 is 6.03 Å². The highest BCUT2D eigenvalue weighted by Gasteiger charge is 2.24. The maximum atomic E-state index is 12.4. The highest BCUT2D eigenvalue weighted by molar-refractivity contribution is 5.89. The summed E-state index contributed by atoms with van der Waals surface area (Å²) in [5.41, 5.74) is 1.98. The van der Waals surface area contributed by atoms with Crippen molar-refractivity contribution in [2.75, 3.05) is 25.0 Å². The van der Waals surface area contributed by atoms with E-state index in [1.807, 2.05) is 49.9 Å². The fourth-order valence-corrected chi connectivity index (χ4v) is 2.70. The van der Waals surface area contributed by atoms with Gasteiger partial charge in [0, 0.05) is 31.2 Å². The fraction of sp³-hybridized carbons (Fsp3) is 0.556. The number of aryl methyl sites for hydroxylation is 1. The molecule has 1 unspecified atom stereocenters. The summed E-state index contributed by atoms with van der Waals surface area (Å²) in [6.45, 7) is 7.90. The minimum atomic E-state index is -0.0614. The Morgan fingerprint density at radius 1 is 1.26 bits per heavy atom. The first-order chi connectivity index (χ1) is 11.0. The first kappa shape index (κ1) is 17.3. The number of anilines is 1. The molecule has 1 aliphatic rings. The van der Waals surface area contributed by atoms with Crippen LogP contribution in [0.3, 0.4) is 0 Å². The summed E-state index contributed by atoms with van der Waals surface area (Å²) in [6.07, 6.45) is 2.02. The molecule has 1 atom stereocenters. The van der Waals surface area contributed by atoms with Gasteiger partial charge in [0.05, 0.1) is 0 Å². The van der Waals surface area contributed by atoms with E-state index in [9.17, 15) is 9.59 Å². The molecule has 3 amide bonds. The fourth-order valence-electron chi connectivity index (χ4n) is 2.70. The van der Waals surface area contributed by atoms with E-state index in [1.165, 1.54) is 5.56 Å². The Labute approximate surface area is 138 Å². The number of urea groups is 1. The van der Waals surface area contributed by atoms with Gasteiger partial charge in [-0.25, -0.2) is 4.79 Å². The second-order valence-electron chi connectivity index (χ2n) is 6.65. The molecule has 0 aromatic heterocycles. The van der Waals surface area contributed by atoms with Crippen LogP contribution in [-0.4, -0.2) is 36.5 Å². The van der Waals surface area contributed by atoms with E-state index in [1.54, 1.807) is 0 Å². The lowest BCUT2D eigenvalue weighted by molar-refractivity contribution is -0.124. The average Bonchev–Trinajstić information content (AvgIpc) is 2.54. The van der Waals surface area contributed by atoms with Gasteiger partial charge in [0.1, 0.15) is 0 Å². The van der Waals surface area contributed by atoms with Gasteiger partial charge in [-0.05, 0) is 37.8 Å². The second kappa shape index (κ2) is 7.99. The smallest absolute Gasteiger partial charge is 0.321 e. The molecule has 0 spiro atoms. The molecule has 1 fully saturated rings.